The number of amides is 2. The molecule has 0 atom stereocenters. The Labute approximate surface area is 114 Å². The molecule has 1 rings (SSSR count). The molecule has 0 aromatic heterocycles. The molecule has 2 amide bonds. The summed E-state index contributed by atoms with van der Waals surface area (Å²) in [5.74, 6) is -0.555. The van der Waals surface area contributed by atoms with Crippen molar-refractivity contribution >= 4 is 17.5 Å². The Morgan fingerprint density at radius 1 is 1.32 bits per heavy atom. The van der Waals surface area contributed by atoms with Gasteiger partial charge in [-0.15, -0.1) is 6.58 Å². The van der Waals surface area contributed by atoms with Crippen molar-refractivity contribution in [3.05, 3.63) is 43.0 Å². The first-order valence-electron chi connectivity index (χ1n) is 6.13. The molecule has 102 valence electrons. The lowest BCUT2D eigenvalue weighted by molar-refractivity contribution is -0.139. The number of carbonyl (C=O) groups is 2. The zero-order valence-corrected chi connectivity index (χ0v) is 11.6. The van der Waals surface area contributed by atoms with E-state index in [0.29, 0.717) is 6.54 Å². The summed E-state index contributed by atoms with van der Waals surface area (Å²) < 4.78 is 0. The Balaban J connectivity index is 2.86. The van der Waals surface area contributed by atoms with Crippen LogP contribution in [0.25, 0.3) is 0 Å². The lowest BCUT2D eigenvalue weighted by Gasteiger charge is -2.28. The number of hydrogen-bond acceptors (Lipinski definition) is 2. The molecular weight excluding hydrogens is 240 g/mol. The topological polar surface area (TPSA) is 49.4 Å². The van der Waals surface area contributed by atoms with Crippen LogP contribution in [0, 0.1) is 5.41 Å². The summed E-state index contributed by atoms with van der Waals surface area (Å²) in [6, 6.07) is 9.24. The van der Waals surface area contributed by atoms with Gasteiger partial charge in [-0.1, -0.05) is 24.3 Å². The van der Waals surface area contributed by atoms with Crippen LogP contribution in [0.3, 0.4) is 0 Å². The fourth-order valence-electron chi connectivity index (χ4n) is 1.67. The lowest BCUT2D eigenvalue weighted by atomic mass is 9.90. The van der Waals surface area contributed by atoms with Crippen LogP contribution in [0.1, 0.15) is 13.8 Å². The molecule has 1 aromatic rings. The van der Waals surface area contributed by atoms with Crippen LogP contribution in [-0.4, -0.2) is 25.4 Å². The SMILES string of the molecule is C=CCNC(=O)C(C)(C)C(=O)N(C)c1ccccc1. The molecule has 0 aliphatic rings. The molecule has 1 N–H and O–H groups in total. The third-order valence-corrected chi connectivity index (χ3v) is 2.96. The Kier molecular flexibility index (Phi) is 4.87. The maximum atomic E-state index is 12.4. The molecule has 0 saturated carbocycles. The maximum Gasteiger partial charge on any atom is 0.241 e. The molecule has 0 aliphatic heterocycles. The van der Waals surface area contributed by atoms with Gasteiger partial charge >= 0.3 is 0 Å². The number of benzene rings is 1. The zero-order chi connectivity index (χ0) is 14.5. The molecule has 19 heavy (non-hydrogen) atoms. The fourth-order valence-corrected chi connectivity index (χ4v) is 1.67. The van der Waals surface area contributed by atoms with E-state index in [1.54, 1.807) is 27.0 Å². The van der Waals surface area contributed by atoms with Crippen LogP contribution in [-0.2, 0) is 9.59 Å². The number of nitrogens with zero attached hydrogens (tertiary/aromatic N) is 1. The van der Waals surface area contributed by atoms with Gasteiger partial charge in [0.25, 0.3) is 0 Å². The highest BCUT2D eigenvalue weighted by Crippen LogP contribution is 2.22. The minimum Gasteiger partial charge on any atom is -0.352 e. The van der Waals surface area contributed by atoms with Gasteiger partial charge < -0.3 is 10.2 Å². The van der Waals surface area contributed by atoms with E-state index in [9.17, 15) is 9.59 Å². The third kappa shape index (κ3) is 3.44. The summed E-state index contributed by atoms with van der Waals surface area (Å²) in [7, 11) is 1.67. The van der Waals surface area contributed by atoms with Crippen LogP contribution in [0.2, 0.25) is 0 Å². The van der Waals surface area contributed by atoms with Crippen molar-refractivity contribution in [2.75, 3.05) is 18.5 Å². The lowest BCUT2D eigenvalue weighted by Crippen LogP contribution is -2.48. The summed E-state index contributed by atoms with van der Waals surface area (Å²) >= 11 is 0. The van der Waals surface area contributed by atoms with Crippen LogP contribution in [0.5, 0.6) is 0 Å². The maximum absolute atomic E-state index is 12.4. The van der Waals surface area contributed by atoms with Gasteiger partial charge in [-0.05, 0) is 26.0 Å². The highest BCUT2D eigenvalue weighted by molar-refractivity contribution is 6.10. The van der Waals surface area contributed by atoms with Crippen LogP contribution in [0.4, 0.5) is 5.69 Å². The van der Waals surface area contributed by atoms with Crippen molar-refractivity contribution in [2.45, 2.75) is 13.8 Å². The average Bonchev–Trinajstić information content (AvgIpc) is 2.43. The van der Waals surface area contributed by atoms with Gasteiger partial charge in [-0.3, -0.25) is 9.59 Å². The second-order valence-corrected chi connectivity index (χ2v) is 4.82. The highest BCUT2D eigenvalue weighted by atomic mass is 16.2. The molecule has 0 bridgehead atoms. The van der Waals surface area contributed by atoms with E-state index in [4.69, 9.17) is 0 Å². The third-order valence-electron chi connectivity index (χ3n) is 2.96. The summed E-state index contributed by atoms with van der Waals surface area (Å²) in [5.41, 5.74) is -0.356. The smallest absolute Gasteiger partial charge is 0.241 e. The van der Waals surface area contributed by atoms with Crippen LogP contribution in [0.15, 0.2) is 43.0 Å². The van der Waals surface area contributed by atoms with Gasteiger partial charge in [-0.2, -0.15) is 0 Å². The number of para-hydroxylation sites is 1. The van der Waals surface area contributed by atoms with Crippen LogP contribution < -0.4 is 10.2 Å². The quantitative estimate of drug-likeness (QED) is 0.650. The standard InChI is InChI=1S/C15H20N2O2/c1-5-11-16-13(18)15(2,3)14(19)17(4)12-9-7-6-8-10-12/h5-10H,1,11H2,2-4H3,(H,16,18). The number of rotatable bonds is 5. The van der Waals surface area contributed by atoms with Crippen LogP contribution >= 0.6 is 0 Å². The second-order valence-electron chi connectivity index (χ2n) is 4.82. The van der Waals surface area contributed by atoms with Crippen molar-refractivity contribution in [1.82, 2.24) is 5.32 Å². The zero-order valence-electron chi connectivity index (χ0n) is 11.6. The fraction of sp³-hybridized carbons (Fsp3) is 0.333. The van der Waals surface area contributed by atoms with E-state index in [2.05, 4.69) is 11.9 Å². The highest BCUT2D eigenvalue weighted by Gasteiger charge is 2.38. The minimum atomic E-state index is -1.12. The van der Waals surface area contributed by atoms with E-state index in [1.807, 2.05) is 30.3 Å². The molecule has 0 spiro atoms. The first-order valence-corrected chi connectivity index (χ1v) is 6.13. The van der Waals surface area contributed by atoms with Gasteiger partial charge in [-0.25, -0.2) is 0 Å². The molecule has 0 heterocycles. The first kappa shape index (κ1) is 15.0. The summed E-state index contributed by atoms with van der Waals surface area (Å²) in [6.45, 7) is 7.12. The van der Waals surface area contributed by atoms with Crippen molar-refractivity contribution < 1.29 is 9.59 Å². The van der Waals surface area contributed by atoms with E-state index < -0.39 is 5.41 Å². The molecule has 4 nitrogen and oxygen atoms in total. The number of nitrogens with one attached hydrogen (secondary N) is 1. The summed E-state index contributed by atoms with van der Waals surface area (Å²) in [6.07, 6.45) is 1.58. The van der Waals surface area contributed by atoms with E-state index in [0.717, 1.165) is 5.69 Å². The molecule has 0 unspecified atom stereocenters. The number of carbonyl (C=O) groups excluding carboxylic acids is 2. The van der Waals surface area contributed by atoms with Gasteiger partial charge in [0.15, 0.2) is 0 Å². The molecule has 0 aliphatic carbocycles. The van der Waals surface area contributed by atoms with Gasteiger partial charge in [0.1, 0.15) is 5.41 Å². The largest absolute Gasteiger partial charge is 0.352 e. The van der Waals surface area contributed by atoms with E-state index in [-0.39, 0.29) is 11.8 Å². The Morgan fingerprint density at radius 3 is 2.42 bits per heavy atom. The second kappa shape index (κ2) is 6.18. The molecule has 0 saturated heterocycles. The monoisotopic (exact) mass is 260 g/mol. The first-order chi connectivity index (χ1) is 8.91. The molecule has 0 radical (unpaired) electrons. The van der Waals surface area contributed by atoms with E-state index in [1.165, 1.54) is 4.90 Å². The van der Waals surface area contributed by atoms with E-state index >= 15 is 0 Å². The average molecular weight is 260 g/mol. The molecule has 4 heteroatoms. The number of hydrogen-bond donors (Lipinski definition) is 1. The Morgan fingerprint density at radius 2 is 1.89 bits per heavy atom. The summed E-state index contributed by atoms with van der Waals surface area (Å²) in [5, 5.41) is 2.66. The van der Waals surface area contributed by atoms with Gasteiger partial charge in [0.05, 0.1) is 0 Å². The Hall–Kier alpha value is -2.10. The molecular formula is C15H20N2O2. The molecule has 1 aromatic carbocycles. The van der Waals surface area contributed by atoms with Crippen molar-refractivity contribution in [1.29, 1.82) is 0 Å². The molecule has 0 fully saturated rings. The Bertz CT molecular complexity index is 466. The minimum absolute atomic E-state index is 0.250. The normalized spacial score (nSPS) is 10.7. The van der Waals surface area contributed by atoms with Crippen molar-refractivity contribution in [3.8, 4) is 0 Å². The predicted octanol–water partition coefficient (Wildman–Crippen LogP) is 1.98. The van der Waals surface area contributed by atoms with Crippen molar-refractivity contribution in [2.24, 2.45) is 5.41 Å². The number of anilines is 1. The van der Waals surface area contributed by atoms with Gasteiger partial charge in [0.2, 0.25) is 11.8 Å². The predicted molar refractivity (Wildman–Crippen MR) is 76.8 cm³/mol. The van der Waals surface area contributed by atoms with Gasteiger partial charge in [0, 0.05) is 19.3 Å². The van der Waals surface area contributed by atoms with Crippen molar-refractivity contribution in [3.63, 3.8) is 0 Å². The summed E-state index contributed by atoms with van der Waals surface area (Å²) in [4.78, 5) is 25.9.